The third-order valence-electron chi connectivity index (χ3n) is 6.85. The van der Waals surface area contributed by atoms with Crippen LogP contribution in [0.25, 0.3) is 11.0 Å². The maximum absolute atomic E-state index is 13.0. The van der Waals surface area contributed by atoms with Gasteiger partial charge in [-0.2, -0.15) is 0 Å². The monoisotopic (exact) mass is 417 g/mol. The van der Waals surface area contributed by atoms with Crippen LogP contribution >= 0.6 is 0 Å². The number of para-hydroxylation sites is 2. The lowest BCUT2D eigenvalue weighted by Crippen LogP contribution is -2.45. The maximum atomic E-state index is 13.0. The predicted octanol–water partition coefficient (Wildman–Crippen LogP) is 2.84. The Balaban J connectivity index is 1.20. The van der Waals surface area contributed by atoms with E-state index in [0.717, 1.165) is 41.8 Å². The van der Waals surface area contributed by atoms with Gasteiger partial charge in [-0.1, -0.05) is 24.6 Å². The molecule has 160 valence electrons. The highest BCUT2D eigenvalue weighted by Gasteiger charge is 2.54. The second kappa shape index (κ2) is 8.13. The van der Waals surface area contributed by atoms with Gasteiger partial charge in [0.05, 0.1) is 29.2 Å². The first-order valence-corrected chi connectivity index (χ1v) is 11.0. The number of hydrogen-bond acceptors (Lipinski definition) is 4. The van der Waals surface area contributed by atoms with Crippen molar-refractivity contribution in [3.05, 3.63) is 60.2 Å². The third kappa shape index (κ3) is 3.92. The van der Waals surface area contributed by atoms with E-state index in [1.165, 1.54) is 0 Å². The van der Waals surface area contributed by atoms with Crippen LogP contribution in [0.3, 0.4) is 0 Å². The first kappa shape index (κ1) is 19.7. The van der Waals surface area contributed by atoms with E-state index in [1.807, 2.05) is 47.4 Å². The Labute approximate surface area is 181 Å². The van der Waals surface area contributed by atoms with Crippen LogP contribution in [-0.4, -0.2) is 44.8 Å². The molecule has 1 aliphatic carbocycles. The number of imidazole rings is 1. The van der Waals surface area contributed by atoms with Crippen molar-refractivity contribution in [3.63, 3.8) is 0 Å². The van der Waals surface area contributed by atoms with E-state index in [0.29, 0.717) is 32.5 Å². The summed E-state index contributed by atoms with van der Waals surface area (Å²) < 4.78 is 0. The fourth-order valence-electron chi connectivity index (χ4n) is 4.97. The average Bonchev–Trinajstić information content (AvgIpc) is 3.38. The molecular weight excluding hydrogens is 390 g/mol. The highest BCUT2D eigenvalue weighted by Crippen LogP contribution is 2.51. The zero-order valence-electron chi connectivity index (χ0n) is 17.5. The number of pyridine rings is 1. The Morgan fingerprint density at radius 1 is 1.16 bits per heavy atom. The Morgan fingerprint density at radius 2 is 2.00 bits per heavy atom. The predicted molar refractivity (Wildman–Crippen MR) is 117 cm³/mol. The van der Waals surface area contributed by atoms with Crippen LogP contribution < -0.4 is 5.32 Å². The summed E-state index contributed by atoms with van der Waals surface area (Å²) in [6.45, 7) is 1.62. The van der Waals surface area contributed by atoms with Gasteiger partial charge >= 0.3 is 0 Å². The number of H-pyrrole nitrogens is 1. The molecule has 2 amide bonds. The number of benzene rings is 1. The number of likely N-dealkylation sites (tertiary alicyclic amines) is 1. The third-order valence-corrected chi connectivity index (χ3v) is 6.85. The fourth-order valence-corrected chi connectivity index (χ4v) is 4.97. The van der Waals surface area contributed by atoms with Gasteiger partial charge in [0.2, 0.25) is 11.8 Å². The van der Waals surface area contributed by atoms with E-state index in [-0.39, 0.29) is 23.1 Å². The summed E-state index contributed by atoms with van der Waals surface area (Å²) in [7, 11) is 0. The van der Waals surface area contributed by atoms with Gasteiger partial charge in [0.25, 0.3) is 0 Å². The SMILES string of the molecule is O=C(NCc1ccccn1)C1CN(C(=O)CCc2nc3ccccc3[nH]2)CC12CCC2. The average molecular weight is 418 g/mol. The van der Waals surface area contributed by atoms with E-state index in [9.17, 15) is 9.59 Å². The van der Waals surface area contributed by atoms with Gasteiger partial charge in [-0.3, -0.25) is 14.6 Å². The number of fused-ring (bicyclic) bond motifs is 1. The van der Waals surface area contributed by atoms with Crippen molar-refractivity contribution in [1.29, 1.82) is 0 Å². The molecule has 2 fully saturated rings. The van der Waals surface area contributed by atoms with Crippen LogP contribution in [0.2, 0.25) is 0 Å². The van der Waals surface area contributed by atoms with Crippen LogP contribution in [0.5, 0.6) is 0 Å². The van der Waals surface area contributed by atoms with Crippen molar-refractivity contribution >= 4 is 22.8 Å². The second-order valence-electron chi connectivity index (χ2n) is 8.78. The minimum absolute atomic E-state index is 0.0398. The standard InChI is InChI=1S/C24H27N5O2/c30-22(10-9-21-27-19-7-1-2-8-20(19)28-21)29-15-18(24(16-29)11-5-12-24)23(31)26-14-17-6-3-4-13-25-17/h1-4,6-8,13,18H,5,9-12,14-16H2,(H,26,31)(H,27,28). The molecule has 2 N–H and O–H groups in total. The van der Waals surface area contributed by atoms with Gasteiger partial charge in [-0.25, -0.2) is 4.98 Å². The largest absolute Gasteiger partial charge is 0.350 e. The Morgan fingerprint density at radius 3 is 2.74 bits per heavy atom. The Kier molecular flexibility index (Phi) is 5.18. The first-order valence-electron chi connectivity index (χ1n) is 11.0. The lowest BCUT2D eigenvalue weighted by molar-refractivity contribution is -0.130. The van der Waals surface area contributed by atoms with Gasteiger partial charge in [0, 0.05) is 37.5 Å². The number of nitrogens with one attached hydrogen (secondary N) is 2. The number of amides is 2. The number of hydrogen-bond donors (Lipinski definition) is 2. The molecule has 31 heavy (non-hydrogen) atoms. The smallest absolute Gasteiger partial charge is 0.225 e. The molecular formula is C24H27N5O2. The molecule has 1 atom stereocenters. The number of rotatable bonds is 6. The molecule has 3 heterocycles. The summed E-state index contributed by atoms with van der Waals surface area (Å²) in [5.41, 5.74) is 2.70. The summed E-state index contributed by atoms with van der Waals surface area (Å²) in [5, 5.41) is 3.04. The maximum Gasteiger partial charge on any atom is 0.225 e. The van der Waals surface area contributed by atoms with Crippen LogP contribution in [0.15, 0.2) is 48.7 Å². The molecule has 2 aromatic heterocycles. The molecule has 1 aliphatic heterocycles. The molecule has 7 heteroatoms. The van der Waals surface area contributed by atoms with Crippen molar-refractivity contribution in [3.8, 4) is 0 Å². The Bertz CT molecular complexity index is 1060. The number of aryl methyl sites for hydroxylation is 1. The highest BCUT2D eigenvalue weighted by atomic mass is 16.2. The van der Waals surface area contributed by atoms with E-state index in [2.05, 4.69) is 20.3 Å². The molecule has 2 aliphatic rings. The molecule has 3 aromatic rings. The number of nitrogens with zero attached hydrogens (tertiary/aromatic N) is 3. The summed E-state index contributed by atoms with van der Waals surface area (Å²) in [6, 6.07) is 13.6. The van der Waals surface area contributed by atoms with E-state index >= 15 is 0 Å². The normalized spacial score (nSPS) is 19.5. The van der Waals surface area contributed by atoms with Crippen LogP contribution in [0.1, 0.15) is 37.2 Å². The van der Waals surface area contributed by atoms with Crippen molar-refractivity contribution in [2.24, 2.45) is 11.3 Å². The quantitative estimate of drug-likeness (QED) is 0.645. The van der Waals surface area contributed by atoms with Gasteiger partial charge < -0.3 is 15.2 Å². The molecule has 7 nitrogen and oxygen atoms in total. The molecule has 1 saturated carbocycles. The van der Waals surface area contributed by atoms with E-state index in [4.69, 9.17) is 0 Å². The first-order chi connectivity index (χ1) is 15.1. The van der Waals surface area contributed by atoms with Gasteiger partial charge in [-0.05, 0) is 37.1 Å². The topological polar surface area (TPSA) is 91.0 Å². The fraction of sp³-hybridized carbons (Fsp3) is 0.417. The van der Waals surface area contributed by atoms with Crippen LogP contribution in [0.4, 0.5) is 0 Å². The van der Waals surface area contributed by atoms with Gasteiger partial charge in [0.1, 0.15) is 5.82 Å². The molecule has 0 bridgehead atoms. The van der Waals surface area contributed by atoms with Crippen LogP contribution in [0, 0.1) is 11.3 Å². The summed E-state index contributed by atoms with van der Waals surface area (Å²) in [4.78, 5) is 40.0. The van der Waals surface area contributed by atoms with E-state index < -0.39 is 0 Å². The lowest BCUT2D eigenvalue weighted by Gasteiger charge is -2.41. The summed E-state index contributed by atoms with van der Waals surface area (Å²) >= 11 is 0. The number of aromatic nitrogens is 3. The van der Waals surface area contributed by atoms with Crippen molar-refractivity contribution < 1.29 is 9.59 Å². The van der Waals surface area contributed by atoms with E-state index in [1.54, 1.807) is 6.20 Å². The van der Waals surface area contributed by atoms with Crippen molar-refractivity contribution in [1.82, 2.24) is 25.2 Å². The minimum atomic E-state index is -0.139. The van der Waals surface area contributed by atoms with Crippen molar-refractivity contribution in [2.45, 2.75) is 38.6 Å². The van der Waals surface area contributed by atoms with Gasteiger partial charge in [-0.15, -0.1) is 0 Å². The Hall–Kier alpha value is -3.22. The number of carbonyl (C=O) groups is 2. The molecule has 1 aromatic carbocycles. The minimum Gasteiger partial charge on any atom is -0.350 e. The molecule has 1 spiro atoms. The zero-order chi connectivity index (χ0) is 21.3. The van der Waals surface area contributed by atoms with Gasteiger partial charge in [0.15, 0.2) is 0 Å². The van der Waals surface area contributed by atoms with Crippen LogP contribution in [-0.2, 0) is 22.6 Å². The number of aromatic amines is 1. The molecule has 0 radical (unpaired) electrons. The summed E-state index contributed by atoms with van der Waals surface area (Å²) in [6.07, 6.45) is 5.87. The highest BCUT2D eigenvalue weighted by molar-refractivity contribution is 5.83. The lowest BCUT2D eigenvalue weighted by atomic mass is 9.62. The van der Waals surface area contributed by atoms with Crippen molar-refractivity contribution in [2.75, 3.05) is 13.1 Å². The zero-order valence-corrected chi connectivity index (χ0v) is 17.5. The second-order valence-corrected chi connectivity index (χ2v) is 8.78. The summed E-state index contributed by atoms with van der Waals surface area (Å²) in [5.74, 6) is 0.835. The molecule has 1 unspecified atom stereocenters. The molecule has 1 saturated heterocycles. The number of carbonyl (C=O) groups excluding carboxylic acids is 2. The molecule has 5 rings (SSSR count).